The molecule has 0 bridgehead atoms. The fourth-order valence-corrected chi connectivity index (χ4v) is 3.32. The average Bonchev–Trinajstić information content (AvgIpc) is 2.01. The van der Waals surface area contributed by atoms with Crippen molar-refractivity contribution in [3.05, 3.63) is 0 Å². The summed E-state index contributed by atoms with van der Waals surface area (Å²) in [6, 6.07) is 0. The van der Waals surface area contributed by atoms with Crippen molar-refractivity contribution in [2.45, 2.75) is 46.7 Å². The molecule has 0 atom stereocenters. The summed E-state index contributed by atoms with van der Waals surface area (Å²) >= 11 is 5.53. The maximum Gasteiger partial charge on any atom is 0.194 e. The van der Waals surface area contributed by atoms with Crippen molar-refractivity contribution in [3.8, 4) is 0 Å². The summed E-state index contributed by atoms with van der Waals surface area (Å²) in [5.41, 5.74) is 0.235. The number of rotatable bonds is 0. The van der Waals surface area contributed by atoms with E-state index < -0.39 is 6.49 Å². The molecule has 1 aliphatic heterocycles. The van der Waals surface area contributed by atoms with E-state index in [-0.39, 0.29) is 10.6 Å². The van der Waals surface area contributed by atoms with Crippen LogP contribution in [-0.2, 0) is 20.9 Å². The highest BCUT2D eigenvalue weighted by molar-refractivity contribution is 8.10. The van der Waals surface area contributed by atoms with E-state index in [2.05, 4.69) is 41.5 Å². The maximum absolute atomic E-state index is 5.87. The topological polar surface area (TPSA) is 18.5 Å². The highest BCUT2D eigenvalue weighted by Gasteiger charge is 2.41. The zero-order chi connectivity index (χ0) is 11.9. The molecule has 0 unspecified atom stereocenters. The minimum atomic E-state index is -2.07. The fourth-order valence-electron chi connectivity index (χ4n) is 1.35. The maximum atomic E-state index is 5.87. The Balaban J connectivity index is 2.68. The van der Waals surface area contributed by atoms with Gasteiger partial charge in [-0.15, -0.1) is 0 Å². The monoisotopic (exact) mass is 250 g/mol. The first kappa shape index (κ1) is 13.6. The van der Waals surface area contributed by atoms with Crippen molar-refractivity contribution in [1.29, 1.82) is 0 Å². The fraction of sp³-hybridized carbons (Fsp3) is 1.00. The molecule has 0 aliphatic carbocycles. The molecular formula is C11H23O2PS. The Morgan fingerprint density at radius 3 is 1.67 bits per heavy atom. The molecule has 0 spiro atoms. The summed E-state index contributed by atoms with van der Waals surface area (Å²) in [6.07, 6.45) is 0. The number of hydrogen-bond acceptors (Lipinski definition) is 3. The van der Waals surface area contributed by atoms with Gasteiger partial charge in [0.15, 0.2) is 6.49 Å². The first-order valence-electron chi connectivity index (χ1n) is 5.45. The van der Waals surface area contributed by atoms with E-state index in [4.69, 9.17) is 20.9 Å². The SMILES string of the molecule is CC(C)(C)C1COP(=S)(C(C)(C)C)OC1. The molecular weight excluding hydrogens is 227 g/mol. The molecule has 0 radical (unpaired) electrons. The Labute approximate surface area is 98.9 Å². The lowest BCUT2D eigenvalue weighted by Gasteiger charge is -2.43. The number of hydrogen-bond donors (Lipinski definition) is 0. The molecule has 2 nitrogen and oxygen atoms in total. The Morgan fingerprint density at radius 2 is 1.40 bits per heavy atom. The summed E-state index contributed by atoms with van der Waals surface area (Å²) in [4.78, 5) is 0. The van der Waals surface area contributed by atoms with Crippen LogP contribution >= 0.6 is 6.49 Å². The van der Waals surface area contributed by atoms with Crippen molar-refractivity contribution < 1.29 is 9.05 Å². The quantitative estimate of drug-likeness (QED) is 0.609. The molecule has 1 fully saturated rings. The van der Waals surface area contributed by atoms with Crippen LogP contribution in [0.15, 0.2) is 0 Å². The van der Waals surface area contributed by atoms with Crippen LogP contribution < -0.4 is 0 Å². The molecule has 0 amide bonds. The van der Waals surface area contributed by atoms with E-state index in [1.165, 1.54) is 0 Å². The van der Waals surface area contributed by atoms with Crippen LogP contribution in [0.1, 0.15) is 41.5 Å². The molecule has 1 heterocycles. The van der Waals surface area contributed by atoms with Crippen molar-refractivity contribution in [2.75, 3.05) is 13.2 Å². The second-order valence-corrected chi connectivity index (χ2v) is 10.6. The zero-order valence-corrected chi connectivity index (χ0v) is 12.4. The zero-order valence-electron chi connectivity index (χ0n) is 10.7. The third-order valence-electron chi connectivity index (χ3n) is 2.94. The van der Waals surface area contributed by atoms with Crippen molar-refractivity contribution in [3.63, 3.8) is 0 Å². The van der Waals surface area contributed by atoms with E-state index in [1.54, 1.807) is 0 Å². The van der Waals surface area contributed by atoms with Gasteiger partial charge in [-0.3, -0.25) is 0 Å². The minimum absolute atomic E-state index is 0.0504. The van der Waals surface area contributed by atoms with E-state index in [0.717, 1.165) is 13.2 Å². The van der Waals surface area contributed by atoms with Crippen LogP contribution in [0.25, 0.3) is 0 Å². The lowest BCUT2D eigenvalue weighted by molar-refractivity contribution is 0.0465. The first-order valence-corrected chi connectivity index (χ1v) is 8.09. The van der Waals surface area contributed by atoms with Crippen LogP contribution in [0, 0.1) is 11.3 Å². The molecule has 0 aromatic heterocycles. The summed E-state index contributed by atoms with van der Waals surface area (Å²) in [7, 11) is 0. The van der Waals surface area contributed by atoms with Gasteiger partial charge in [0.25, 0.3) is 0 Å². The van der Waals surface area contributed by atoms with Crippen LogP contribution in [0.3, 0.4) is 0 Å². The van der Waals surface area contributed by atoms with Crippen LogP contribution in [-0.4, -0.2) is 18.4 Å². The predicted molar refractivity (Wildman–Crippen MR) is 68.9 cm³/mol. The molecule has 0 saturated carbocycles. The summed E-state index contributed by atoms with van der Waals surface area (Å²) < 4.78 is 11.7. The van der Waals surface area contributed by atoms with Gasteiger partial charge in [0, 0.05) is 11.1 Å². The second-order valence-electron chi connectivity index (χ2n) is 6.32. The molecule has 0 N–H and O–H groups in total. The van der Waals surface area contributed by atoms with Crippen molar-refractivity contribution >= 4 is 18.3 Å². The second kappa shape index (κ2) is 4.10. The van der Waals surface area contributed by atoms with E-state index in [1.807, 2.05) is 0 Å². The Morgan fingerprint density at radius 1 is 1.00 bits per heavy atom. The minimum Gasteiger partial charge on any atom is -0.329 e. The molecule has 90 valence electrons. The van der Waals surface area contributed by atoms with E-state index >= 15 is 0 Å². The van der Waals surface area contributed by atoms with E-state index in [9.17, 15) is 0 Å². The molecule has 0 aromatic rings. The highest BCUT2D eigenvalue weighted by atomic mass is 32.5. The molecule has 1 saturated heterocycles. The Hall–Kier alpha value is 0.570. The standard InChI is InChI=1S/C11H23O2PS/c1-10(2,3)9-7-12-14(15,13-8-9)11(4,5)6/h9H,7-8H2,1-6H3. The largest absolute Gasteiger partial charge is 0.329 e. The van der Waals surface area contributed by atoms with Gasteiger partial charge in [-0.25, -0.2) is 0 Å². The van der Waals surface area contributed by atoms with Crippen molar-refractivity contribution in [1.82, 2.24) is 0 Å². The molecule has 15 heavy (non-hydrogen) atoms. The van der Waals surface area contributed by atoms with Gasteiger partial charge >= 0.3 is 0 Å². The molecule has 1 aliphatic rings. The van der Waals surface area contributed by atoms with Gasteiger partial charge in [-0.2, -0.15) is 0 Å². The van der Waals surface area contributed by atoms with Gasteiger partial charge in [-0.1, -0.05) is 41.5 Å². The molecule has 0 aromatic carbocycles. The highest BCUT2D eigenvalue weighted by Crippen LogP contribution is 2.62. The smallest absolute Gasteiger partial charge is 0.194 e. The van der Waals surface area contributed by atoms with Gasteiger partial charge in [0.1, 0.15) is 0 Å². The van der Waals surface area contributed by atoms with Crippen molar-refractivity contribution in [2.24, 2.45) is 11.3 Å². The van der Waals surface area contributed by atoms with Crippen LogP contribution in [0.2, 0.25) is 0 Å². The lowest BCUT2D eigenvalue weighted by atomic mass is 9.82. The van der Waals surface area contributed by atoms with Crippen LogP contribution in [0.5, 0.6) is 0 Å². The predicted octanol–water partition coefficient (Wildman–Crippen LogP) is 3.80. The van der Waals surface area contributed by atoms with Crippen LogP contribution in [0.4, 0.5) is 0 Å². The normalized spacial score (nSPS) is 34.1. The van der Waals surface area contributed by atoms with Gasteiger partial charge in [0.2, 0.25) is 0 Å². The molecule has 4 heteroatoms. The molecule has 1 rings (SSSR count). The third-order valence-corrected chi connectivity index (χ3v) is 7.83. The Bertz CT molecular complexity index is 263. The summed E-state index contributed by atoms with van der Waals surface area (Å²) in [6.45, 7) is 12.4. The van der Waals surface area contributed by atoms with E-state index in [0.29, 0.717) is 5.92 Å². The van der Waals surface area contributed by atoms with Gasteiger partial charge in [0.05, 0.1) is 13.2 Å². The Kier molecular flexibility index (Phi) is 3.73. The lowest BCUT2D eigenvalue weighted by Crippen LogP contribution is -2.35. The third kappa shape index (κ3) is 3.03. The first-order chi connectivity index (χ1) is 6.56. The summed E-state index contributed by atoms with van der Waals surface area (Å²) in [5.74, 6) is 0.455. The summed E-state index contributed by atoms with van der Waals surface area (Å²) in [5, 5.41) is -0.0504. The average molecular weight is 250 g/mol. The van der Waals surface area contributed by atoms with Gasteiger partial charge < -0.3 is 9.05 Å². The van der Waals surface area contributed by atoms with Gasteiger partial charge in [-0.05, 0) is 17.2 Å².